The second-order valence-electron chi connectivity index (χ2n) is 7.75. The van der Waals surface area contributed by atoms with Gasteiger partial charge in [0.2, 0.25) is 0 Å². The summed E-state index contributed by atoms with van der Waals surface area (Å²) >= 11 is 5.28. The highest BCUT2D eigenvalue weighted by molar-refractivity contribution is 7.80. The minimum atomic E-state index is -0.590. The van der Waals surface area contributed by atoms with Gasteiger partial charge in [0.15, 0.2) is 5.11 Å². The fraction of sp³-hybridized carbons (Fsp3) is 0.154. The number of hydrogen-bond donors (Lipinski definition) is 1. The van der Waals surface area contributed by atoms with Crippen LogP contribution in [-0.4, -0.2) is 29.5 Å². The number of anilines is 1. The van der Waals surface area contributed by atoms with Crippen molar-refractivity contribution in [2.24, 2.45) is 0 Å². The smallest absolute Gasteiger partial charge is 0.338 e. The Morgan fingerprint density at radius 2 is 1.82 bits per heavy atom. The molecule has 4 rings (SSSR count). The monoisotopic (exact) mass is 474 g/mol. The van der Waals surface area contributed by atoms with E-state index in [2.05, 4.69) is 5.32 Å². The van der Waals surface area contributed by atoms with E-state index >= 15 is 0 Å². The first-order valence-corrected chi connectivity index (χ1v) is 11.1. The van der Waals surface area contributed by atoms with Gasteiger partial charge in [0.05, 0.1) is 17.9 Å². The first-order chi connectivity index (χ1) is 16.3. The summed E-state index contributed by atoms with van der Waals surface area (Å²) in [5.74, 6) is -0.665. The zero-order valence-electron chi connectivity index (χ0n) is 18.9. The largest absolute Gasteiger partial charge is 0.462 e. The molecule has 1 aliphatic rings. The predicted molar refractivity (Wildman–Crippen MR) is 132 cm³/mol. The van der Waals surface area contributed by atoms with E-state index in [0.717, 1.165) is 16.7 Å². The lowest BCUT2D eigenvalue weighted by Crippen LogP contribution is -2.54. The summed E-state index contributed by atoms with van der Waals surface area (Å²) in [6, 6.07) is 15.8. The highest BCUT2D eigenvalue weighted by Crippen LogP contribution is 2.28. The van der Waals surface area contributed by atoms with Gasteiger partial charge in [-0.3, -0.25) is 19.8 Å². The number of carbonyl (C=O) groups is 3. The van der Waals surface area contributed by atoms with E-state index < -0.39 is 17.8 Å². The predicted octanol–water partition coefficient (Wildman–Crippen LogP) is 4.57. The number of thiocarbonyl (C=S) groups is 1. The summed E-state index contributed by atoms with van der Waals surface area (Å²) in [5, 5.41) is 2.61. The summed E-state index contributed by atoms with van der Waals surface area (Å²) in [6.45, 7) is 5.88. The number of ether oxygens (including phenoxy) is 1. The molecule has 0 aliphatic carbocycles. The van der Waals surface area contributed by atoms with E-state index in [0.29, 0.717) is 29.4 Å². The molecule has 3 aromatic rings. The number of esters is 1. The van der Waals surface area contributed by atoms with Crippen molar-refractivity contribution in [1.82, 2.24) is 5.32 Å². The van der Waals surface area contributed by atoms with Gasteiger partial charge in [-0.2, -0.15) is 0 Å². The van der Waals surface area contributed by atoms with E-state index in [1.54, 1.807) is 49.4 Å². The fourth-order valence-corrected chi connectivity index (χ4v) is 3.92. The highest BCUT2D eigenvalue weighted by atomic mass is 32.1. The molecule has 0 unspecified atom stereocenters. The standard InChI is InChI=1S/C26H22N2O5S/c1-4-32-25(31)18-8-6-17(7-9-18)22-12-10-19(33-22)14-20-23(29)27-26(34)28(24(20)30)21-11-5-15(2)13-16(21)3/h5-14H,4H2,1-3H3,(H,27,29,34)/b20-14+. The fourth-order valence-electron chi connectivity index (χ4n) is 3.65. The van der Waals surface area contributed by atoms with Crippen molar-refractivity contribution < 1.29 is 23.5 Å². The molecule has 7 nitrogen and oxygen atoms in total. The van der Waals surface area contributed by atoms with Gasteiger partial charge in [-0.15, -0.1) is 0 Å². The molecule has 0 radical (unpaired) electrons. The molecule has 0 saturated carbocycles. The Morgan fingerprint density at radius 1 is 1.09 bits per heavy atom. The van der Waals surface area contributed by atoms with E-state index in [-0.39, 0.29) is 10.7 Å². The van der Waals surface area contributed by atoms with Crippen LogP contribution in [0.5, 0.6) is 0 Å². The number of aryl methyl sites for hydroxylation is 2. The first kappa shape index (κ1) is 23.1. The maximum Gasteiger partial charge on any atom is 0.338 e. The molecular formula is C26H22N2O5S. The zero-order valence-corrected chi connectivity index (χ0v) is 19.7. The Bertz CT molecular complexity index is 1340. The molecule has 172 valence electrons. The van der Waals surface area contributed by atoms with Crippen molar-refractivity contribution in [3.63, 3.8) is 0 Å². The second-order valence-corrected chi connectivity index (χ2v) is 8.13. The van der Waals surface area contributed by atoms with Crippen LogP contribution in [0, 0.1) is 13.8 Å². The zero-order chi connectivity index (χ0) is 24.4. The van der Waals surface area contributed by atoms with Gasteiger partial charge in [0.1, 0.15) is 17.1 Å². The Labute approximate surface area is 202 Å². The maximum absolute atomic E-state index is 13.2. The SMILES string of the molecule is CCOC(=O)c1ccc(-c2ccc(/C=C3\C(=O)NC(=S)N(c4ccc(C)cc4C)C3=O)o2)cc1. The molecule has 0 spiro atoms. The highest BCUT2D eigenvalue weighted by Gasteiger charge is 2.35. The van der Waals surface area contributed by atoms with Crippen LogP contribution in [0.4, 0.5) is 5.69 Å². The first-order valence-electron chi connectivity index (χ1n) is 10.6. The van der Waals surface area contributed by atoms with Crippen LogP contribution < -0.4 is 10.2 Å². The Kier molecular flexibility index (Phi) is 6.43. The van der Waals surface area contributed by atoms with E-state index in [9.17, 15) is 14.4 Å². The van der Waals surface area contributed by atoms with Gasteiger partial charge in [-0.25, -0.2) is 4.79 Å². The quantitative estimate of drug-likeness (QED) is 0.252. The molecule has 1 N–H and O–H groups in total. The van der Waals surface area contributed by atoms with Crippen molar-refractivity contribution in [2.75, 3.05) is 11.5 Å². The number of nitrogens with zero attached hydrogens (tertiary/aromatic N) is 1. The number of nitrogens with one attached hydrogen (secondary N) is 1. The lowest BCUT2D eigenvalue weighted by atomic mass is 10.1. The van der Waals surface area contributed by atoms with Gasteiger partial charge in [0, 0.05) is 5.56 Å². The van der Waals surface area contributed by atoms with Crippen molar-refractivity contribution in [3.8, 4) is 11.3 Å². The molecule has 34 heavy (non-hydrogen) atoms. The summed E-state index contributed by atoms with van der Waals surface area (Å²) < 4.78 is 10.8. The Hall–Kier alpha value is -4.04. The van der Waals surface area contributed by atoms with E-state index in [1.165, 1.54) is 11.0 Å². The van der Waals surface area contributed by atoms with E-state index in [4.69, 9.17) is 21.4 Å². The maximum atomic E-state index is 13.2. The van der Waals surface area contributed by atoms with Gasteiger partial charge in [0.25, 0.3) is 11.8 Å². The van der Waals surface area contributed by atoms with Gasteiger partial charge < -0.3 is 9.15 Å². The molecule has 2 heterocycles. The van der Waals surface area contributed by atoms with E-state index in [1.807, 2.05) is 26.0 Å². The van der Waals surface area contributed by atoms with Crippen LogP contribution in [0.2, 0.25) is 0 Å². The molecule has 8 heteroatoms. The van der Waals surface area contributed by atoms with Crippen LogP contribution in [0.15, 0.2) is 64.6 Å². The third kappa shape index (κ3) is 4.53. The van der Waals surface area contributed by atoms with Gasteiger partial charge in [-0.05, 0) is 75.0 Å². The van der Waals surface area contributed by atoms with Gasteiger partial charge in [-0.1, -0.05) is 29.8 Å². The molecular weight excluding hydrogens is 452 g/mol. The van der Waals surface area contributed by atoms with Crippen LogP contribution in [-0.2, 0) is 14.3 Å². The normalized spacial score (nSPS) is 15.0. The molecule has 0 atom stereocenters. The number of amides is 2. The average Bonchev–Trinajstić information content (AvgIpc) is 3.27. The summed E-state index contributed by atoms with van der Waals surface area (Å²) in [4.78, 5) is 39.0. The van der Waals surface area contributed by atoms with Gasteiger partial charge >= 0.3 is 5.97 Å². The molecule has 1 aromatic heterocycles. The van der Waals surface area contributed by atoms with Crippen LogP contribution >= 0.6 is 12.2 Å². The third-order valence-corrected chi connectivity index (χ3v) is 5.57. The Morgan fingerprint density at radius 3 is 2.50 bits per heavy atom. The molecule has 1 fully saturated rings. The Balaban J connectivity index is 1.61. The van der Waals surface area contributed by atoms with Crippen molar-refractivity contribution in [2.45, 2.75) is 20.8 Å². The lowest BCUT2D eigenvalue weighted by Gasteiger charge is -2.30. The number of benzene rings is 2. The second kappa shape index (κ2) is 9.44. The van der Waals surface area contributed by atoms with Crippen molar-refractivity contribution in [3.05, 3.63) is 82.6 Å². The minimum Gasteiger partial charge on any atom is -0.462 e. The summed E-state index contributed by atoms with van der Waals surface area (Å²) in [7, 11) is 0. The number of rotatable bonds is 5. The average molecular weight is 475 g/mol. The number of carbonyl (C=O) groups excluding carboxylic acids is 3. The van der Waals surface area contributed by atoms with Crippen LogP contribution in [0.3, 0.4) is 0 Å². The molecule has 1 aliphatic heterocycles. The molecule has 2 aromatic carbocycles. The van der Waals surface area contributed by atoms with Crippen molar-refractivity contribution in [1.29, 1.82) is 0 Å². The topological polar surface area (TPSA) is 88.9 Å². The summed E-state index contributed by atoms with van der Waals surface area (Å²) in [6.07, 6.45) is 1.40. The minimum absolute atomic E-state index is 0.0286. The molecule has 2 amide bonds. The van der Waals surface area contributed by atoms with Crippen LogP contribution in [0.25, 0.3) is 17.4 Å². The van der Waals surface area contributed by atoms with Crippen LogP contribution in [0.1, 0.15) is 34.2 Å². The number of hydrogen-bond acceptors (Lipinski definition) is 6. The summed E-state index contributed by atoms with van der Waals surface area (Å²) in [5.41, 5.74) is 3.59. The molecule has 1 saturated heterocycles. The number of furan rings is 1. The third-order valence-electron chi connectivity index (χ3n) is 5.29. The lowest BCUT2D eigenvalue weighted by molar-refractivity contribution is -0.122. The molecule has 0 bridgehead atoms. The van der Waals surface area contributed by atoms with Crippen molar-refractivity contribution >= 4 is 46.9 Å².